The molecule has 7 nitrogen and oxygen atoms in total. The number of carbonyl (C=O) groups is 4. The monoisotopic (exact) mass is 479 g/mol. The number of halogens is 3. The number of nitrogens with zero attached hydrogens (tertiary/aromatic N) is 1. The number of fused-ring (bicyclic) bond motifs is 1. The van der Waals surface area contributed by atoms with Crippen molar-refractivity contribution < 1.29 is 32.3 Å². The van der Waals surface area contributed by atoms with Crippen molar-refractivity contribution in [3.63, 3.8) is 0 Å². The zero-order chi connectivity index (χ0) is 24.8. The Balaban J connectivity index is 1.48. The molecule has 10 heteroatoms. The van der Waals surface area contributed by atoms with Crippen molar-refractivity contribution in [3.05, 3.63) is 34.9 Å². The summed E-state index contributed by atoms with van der Waals surface area (Å²) in [6.07, 6.45) is -2.16. The third-order valence-electron chi connectivity index (χ3n) is 7.28. The summed E-state index contributed by atoms with van der Waals surface area (Å²) in [5.41, 5.74) is 0.785. The summed E-state index contributed by atoms with van der Waals surface area (Å²) in [6.45, 7) is 4.12. The van der Waals surface area contributed by atoms with Gasteiger partial charge in [-0.15, -0.1) is 0 Å². The van der Waals surface area contributed by atoms with Crippen molar-refractivity contribution >= 4 is 23.6 Å². The summed E-state index contributed by atoms with van der Waals surface area (Å²) in [7, 11) is 0. The van der Waals surface area contributed by atoms with Gasteiger partial charge in [-0.3, -0.25) is 24.5 Å². The molecule has 1 saturated carbocycles. The summed E-state index contributed by atoms with van der Waals surface area (Å²) in [5.74, 6) is -2.89. The number of carbonyl (C=O) groups excluding carboxylic acids is 4. The molecule has 34 heavy (non-hydrogen) atoms. The van der Waals surface area contributed by atoms with Crippen LogP contribution in [0.25, 0.3) is 0 Å². The van der Waals surface area contributed by atoms with Crippen molar-refractivity contribution in [2.24, 2.45) is 11.3 Å². The molecule has 2 atom stereocenters. The molecule has 1 saturated heterocycles. The van der Waals surface area contributed by atoms with Crippen molar-refractivity contribution in [1.29, 1.82) is 0 Å². The van der Waals surface area contributed by atoms with E-state index >= 15 is 0 Å². The summed E-state index contributed by atoms with van der Waals surface area (Å²) in [4.78, 5) is 50.5. The molecule has 2 aliphatic heterocycles. The molecule has 4 amide bonds. The molecule has 0 aromatic heterocycles. The van der Waals surface area contributed by atoms with Gasteiger partial charge in [0.25, 0.3) is 11.8 Å². The van der Waals surface area contributed by atoms with Crippen LogP contribution in [0.1, 0.15) is 78.7 Å². The number of alkyl halides is 3. The molecular formula is C24H28F3N3O4. The number of amides is 4. The van der Waals surface area contributed by atoms with Crippen LogP contribution in [0.2, 0.25) is 0 Å². The minimum absolute atomic E-state index is 0.00240. The van der Waals surface area contributed by atoms with Crippen molar-refractivity contribution in [2.45, 2.75) is 77.2 Å². The van der Waals surface area contributed by atoms with E-state index in [1.165, 1.54) is 23.1 Å². The van der Waals surface area contributed by atoms with E-state index in [-0.39, 0.29) is 30.4 Å². The number of hydrogen-bond donors (Lipinski definition) is 2. The molecule has 0 radical (unpaired) electrons. The van der Waals surface area contributed by atoms with Crippen LogP contribution in [0.3, 0.4) is 0 Å². The van der Waals surface area contributed by atoms with Gasteiger partial charge >= 0.3 is 6.18 Å². The minimum atomic E-state index is -4.57. The first-order valence-corrected chi connectivity index (χ1v) is 11.5. The predicted molar refractivity (Wildman–Crippen MR) is 116 cm³/mol. The lowest BCUT2D eigenvalue weighted by Gasteiger charge is -2.38. The molecule has 2 heterocycles. The summed E-state index contributed by atoms with van der Waals surface area (Å²) in [5, 5.41) is 4.41. The molecule has 1 unspecified atom stereocenters. The normalized spacial score (nSPS) is 24.0. The smallest absolute Gasteiger partial charge is 0.340 e. The average Bonchev–Trinajstić information content (AvgIpc) is 3.07. The van der Waals surface area contributed by atoms with E-state index in [1.54, 1.807) is 0 Å². The number of hydrogen-bond acceptors (Lipinski definition) is 4. The Morgan fingerprint density at radius 3 is 2.44 bits per heavy atom. The lowest BCUT2D eigenvalue weighted by molar-refractivity contribution is -0.169. The van der Waals surface area contributed by atoms with E-state index in [9.17, 15) is 32.3 Å². The lowest BCUT2D eigenvalue weighted by Crippen LogP contribution is -2.52. The van der Waals surface area contributed by atoms with Crippen LogP contribution < -0.4 is 10.6 Å². The molecule has 0 spiro atoms. The first-order chi connectivity index (χ1) is 15.9. The molecule has 1 aromatic rings. The van der Waals surface area contributed by atoms with Crippen LogP contribution in [0.4, 0.5) is 13.2 Å². The van der Waals surface area contributed by atoms with Gasteiger partial charge in [0.1, 0.15) is 12.1 Å². The van der Waals surface area contributed by atoms with Gasteiger partial charge in [0.05, 0.1) is 0 Å². The Kier molecular flexibility index (Phi) is 6.20. The van der Waals surface area contributed by atoms with E-state index in [1.807, 2.05) is 13.8 Å². The van der Waals surface area contributed by atoms with Crippen LogP contribution in [-0.2, 0) is 16.1 Å². The van der Waals surface area contributed by atoms with Crippen molar-refractivity contribution in [2.75, 3.05) is 0 Å². The van der Waals surface area contributed by atoms with Crippen molar-refractivity contribution in [1.82, 2.24) is 15.5 Å². The molecule has 2 fully saturated rings. The number of nitrogens with one attached hydrogen (secondary N) is 2. The second-order valence-electron chi connectivity index (χ2n) is 10.3. The first-order valence-electron chi connectivity index (χ1n) is 11.5. The molecule has 2 N–H and O–H groups in total. The van der Waals surface area contributed by atoms with Gasteiger partial charge in [-0.2, -0.15) is 13.2 Å². The quantitative estimate of drug-likeness (QED) is 0.648. The molecule has 1 aromatic carbocycles. The Hall–Kier alpha value is -2.91. The van der Waals surface area contributed by atoms with Crippen LogP contribution in [0.15, 0.2) is 18.2 Å². The number of benzene rings is 1. The summed E-state index contributed by atoms with van der Waals surface area (Å²) >= 11 is 0. The maximum atomic E-state index is 13.8. The van der Waals surface area contributed by atoms with Crippen LogP contribution in [0.5, 0.6) is 0 Å². The van der Waals surface area contributed by atoms with Gasteiger partial charge in [0.15, 0.2) is 0 Å². The van der Waals surface area contributed by atoms with Crippen LogP contribution in [0, 0.1) is 11.3 Å². The Bertz CT molecular complexity index is 1030. The fourth-order valence-corrected chi connectivity index (χ4v) is 5.16. The maximum absolute atomic E-state index is 13.8. The molecule has 1 aliphatic carbocycles. The van der Waals surface area contributed by atoms with E-state index in [4.69, 9.17) is 0 Å². The number of rotatable bonds is 4. The Morgan fingerprint density at radius 2 is 1.82 bits per heavy atom. The molecular weight excluding hydrogens is 451 g/mol. The average molecular weight is 479 g/mol. The van der Waals surface area contributed by atoms with Gasteiger partial charge in [-0.25, -0.2) is 0 Å². The van der Waals surface area contributed by atoms with E-state index in [0.29, 0.717) is 36.8 Å². The van der Waals surface area contributed by atoms with Crippen molar-refractivity contribution in [3.8, 4) is 0 Å². The van der Waals surface area contributed by atoms with E-state index < -0.39 is 47.8 Å². The van der Waals surface area contributed by atoms with Crippen LogP contribution >= 0.6 is 0 Å². The zero-order valence-electron chi connectivity index (χ0n) is 19.1. The third-order valence-corrected chi connectivity index (χ3v) is 7.28. The highest BCUT2D eigenvalue weighted by molar-refractivity contribution is 6.06. The third kappa shape index (κ3) is 4.81. The van der Waals surface area contributed by atoms with Gasteiger partial charge in [-0.1, -0.05) is 13.8 Å². The molecule has 3 aliphatic rings. The molecule has 0 bridgehead atoms. The van der Waals surface area contributed by atoms with Gasteiger partial charge in [0, 0.05) is 24.1 Å². The standard InChI is InChI=1S/C24H28F3N3O4/c1-23(2)9-7-13(8-10-23)19(24(25,26)27)29-20(32)14-3-4-16-15(11-14)12-30(22(16)34)17-5-6-18(31)28-21(17)33/h3-4,11,13,17,19H,5-10,12H2,1-2H3,(H,29,32)(H,28,31,33)/t17?,19-/m1/s1. The van der Waals surface area contributed by atoms with Gasteiger partial charge < -0.3 is 10.2 Å². The Morgan fingerprint density at radius 1 is 1.15 bits per heavy atom. The highest BCUT2D eigenvalue weighted by Gasteiger charge is 2.47. The SMILES string of the molecule is CC1(C)CCC([C@@H](NC(=O)c2ccc3c(c2)CN(C2CCC(=O)NC2=O)C3=O)C(F)(F)F)CC1. The number of piperidine rings is 1. The topological polar surface area (TPSA) is 95.6 Å². The number of imide groups is 1. The fraction of sp³-hybridized carbons (Fsp3) is 0.583. The molecule has 184 valence electrons. The lowest BCUT2D eigenvalue weighted by atomic mass is 9.71. The summed E-state index contributed by atoms with van der Waals surface area (Å²) in [6, 6.07) is 1.40. The van der Waals surface area contributed by atoms with E-state index in [0.717, 1.165) is 0 Å². The van der Waals surface area contributed by atoms with Crippen LogP contribution in [-0.4, -0.2) is 46.8 Å². The second-order valence-corrected chi connectivity index (χ2v) is 10.3. The maximum Gasteiger partial charge on any atom is 0.408 e. The highest BCUT2D eigenvalue weighted by Crippen LogP contribution is 2.42. The molecule has 4 rings (SSSR count). The highest BCUT2D eigenvalue weighted by atomic mass is 19.4. The zero-order valence-corrected chi connectivity index (χ0v) is 19.1. The largest absolute Gasteiger partial charge is 0.408 e. The van der Waals surface area contributed by atoms with E-state index in [2.05, 4.69) is 10.6 Å². The second kappa shape index (κ2) is 8.70. The first kappa shape index (κ1) is 24.2. The summed E-state index contributed by atoms with van der Waals surface area (Å²) < 4.78 is 41.5. The fourth-order valence-electron chi connectivity index (χ4n) is 5.16. The predicted octanol–water partition coefficient (Wildman–Crippen LogP) is 3.32. The Labute approximate surface area is 195 Å². The minimum Gasteiger partial charge on any atom is -0.340 e. The van der Waals surface area contributed by atoms with Gasteiger partial charge in [0.2, 0.25) is 11.8 Å². The van der Waals surface area contributed by atoms with Gasteiger partial charge in [-0.05, 0) is 67.2 Å².